The van der Waals surface area contributed by atoms with Crippen LogP contribution >= 0.6 is 0 Å². The zero-order valence-electron chi connectivity index (χ0n) is 11.5. The highest BCUT2D eigenvalue weighted by Crippen LogP contribution is 2.30. The van der Waals surface area contributed by atoms with E-state index in [1.807, 2.05) is 27.7 Å². The summed E-state index contributed by atoms with van der Waals surface area (Å²) in [5, 5.41) is 18.3. The lowest BCUT2D eigenvalue weighted by molar-refractivity contribution is -0.384. The van der Waals surface area contributed by atoms with Crippen molar-refractivity contribution in [2.45, 2.75) is 46.2 Å². The van der Waals surface area contributed by atoms with Crippen molar-refractivity contribution in [1.29, 1.82) is 0 Å². The van der Waals surface area contributed by atoms with Gasteiger partial charge < -0.3 is 11.1 Å². The summed E-state index contributed by atoms with van der Waals surface area (Å²) >= 11 is 0. The maximum atomic E-state index is 11.1. The van der Waals surface area contributed by atoms with E-state index in [9.17, 15) is 10.1 Å². The second-order valence-electron chi connectivity index (χ2n) is 5.42. The molecule has 0 aromatic carbocycles. The Morgan fingerprint density at radius 1 is 1.56 bits per heavy atom. The first-order valence-electron chi connectivity index (χ1n) is 5.89. The summed E-state index contributed by atoms with van der Waals surface area (Å²) in [4.78, 5) is 10.7. The molecule has 0 atom stereocenters. The summed E-state index contributed by atoms with van der Waals surface area (Å²) in [5.74, 6) is 0.422. The van der Waals surface area contributed by atoms with Crippen LogP contribution in [0.15, 0.2) is 0 Å². The van der Waals surface area contributed by atoms with Crippen LogP contribution in [-0.2, 0) is 0 Å². The highest BCUT2D eigenvalue weighted by atomic mass is 16.6. The van der Waals surface area contributed by atoms with Gasteiger partial charge >= 0.3 is 5.69 Å². The van der Waals surface area contributed by atoms with Gasteiger partial charge in [-0.2, -0.15) is 5.10 Å². The molecule has 102 valence electrons. The second-order valence-corrected chi connectivity index (χ2v) is 5.42. The molecule has 0 saturated carbocycles. The van der Waals surface area contributed by atoms with Gasteiger partial charge in [0.15, 0.2) is 0 Å². The number of rotatable bonds is 5. The molecule has 0 bridgehead atoms. The fourth-order valence-electron chi connectivity index (χ4n) is 1.61. The Morgan fingerprint density at radius 3 is 2.50 bits per heavy atom. The first kappa shape index (κ1) is 14.4. The monoisotopic (exact) mass is 255 g/mol. The SMILES string of the molecule is Cc1nn(C(C)C)c(NCC(C)(C)N)c1[N+](=O)[O-]. The molecular weight excluding hydrogens is 234 g/mol. The minimum absolute atomic E-state index is 0.0213. The molecule has 0 aliphatic carbocycles. The van der Waals surface area contributed by atoms with Crippen LogP contribution in [0.2, 0.25) is 0 Å². The molecule has 1 aromatic rings. The third-order valence-corrected chi connectivity index (χ3v) is 2.44. The molecule has 1 aromatic heterocycles. The standard InChI is InChI=1S/C11H21N5O2/c1-7(2)15-10(13-6-11(4,5)12)9(16(17)18)8(3)14-15/h7,13H,6,12H2,1-5H3. The van der Waals surface area contributed by atoms with Crippen molar-refractivity contribution in [1.82, 2.24) is 9.78 Å². The fraction of sp³-hybridized carbons (Fsp3) is 0.727. The van der Waals surface area contributed by atoms with Gasteiger partial charge in [-0.05, 0) is 34.6 Å². The van der Waals surface area contributed by atoms with Crippen LogP contribution in [0.25, 0.3) is 0 Å². The summed E-state index contributed by atoms with van der Waals surface area (Å²) in [5.41, 5.74) is 5.86. The van der Waals surface area contributed by atoms with Gasteiger partial charge in [-0.3, -0.25) is 10.1 Å². The van der Waals surface area contributed by atoms with Crippen LogP contribution in [0.4, 0.5) is 11.5 Å². The van der Waals surface area contributed by atoms with E-state index in [0.717, 1.165) is 0 Å². The maximum Gasteiger partial charge on any atom is 0.333 e. The Morgan fingerprint density at radius 2 is 2.11 bits per heavy atom. The van der Waals surface area contributed by atoms with Crippen molar-refractivity contribution >= 4 is 11.5 Å². The number of hydrogen-bond donors (Lipinski definition) is 2. The molecular formula is C11H21N5O2. The Labute approximate surface area is 107 Å². The number of aryl methyl sites for hydroxylation is 1. The highest BCUT2D eigenvalue weighted by molar-refractivity contribution is 5.60. The second kappa shape index (κ2) is 4.93. The topological polar surface area (TPSA) is 99.0 Å². The summed E-state index contributed by atoms with van der Waals surface area (Å²) in [6.07, 6.45) is 0. The number of hydrogen-bond acceptors (Lipinski definition) is 5. The molecule has 0 radical (unpaired) electrons. The van der Waals surface area contributed by atoms with E-state index in [2.05, 4.69) is 10.4 Å². The predicted octanol–water partition coefficient (Wildman–Crippen LogP) is 1.83. The van der Waals surface area contributed by atoms with Crippen molar-refractivity contribution in [2.75, 3.05) is 11.9 Å². The minimum atomic E-state index is -0.451. The van der Waals surface area contributed by atoms with E-state index in [-0.39, 0.29) is 11.7 Å². The van der Waals surface area contributed by atoms with Crippen molar-refractivity contribution in [3.63, 3.8) is 0 Å². The average Bonchev–Trinajstić information content (AvgIpc) is 2.51. The summed E-state index contributed by atoms with van der Waals surface area (Å²) in [6, 6.07) is 0.0424. The Balaban J connectivity index is 3.16. The van der Waals surface area contributed by atoms with E-state index in [1.165, 1.54) is 0 Å². The van der Waals surface area contributed by atoms with Gasteiger partial charge in [0.2, 0.25) is 5.82 Å². The van der Waals surface area contributed by atoms with Gasteiger partial charge in [-0.1, -0.05) is 0 Å². The molecule has 1 rings (SSSR count). The van der Waals surface area contributed by atoms with Crippen LogP contribution in [-0.4, -0.2) is 26.8 Å². The zero-order valence-corrected chi connectivity index (χ0v) is 11.5. The molecule has 0 amide bonds. The number of nitrogens with one attached hydrogen (secondary N) is 1. The summed E-state index contributed by atoms with van der Waals surface area (Å²) in [6.45, 7) is 9.63. The van der Waals surface area contributed by atoms with Crippen LogP contribution in [0.3, 0.4) is 0 Å². The zero-order chi connectivity index (χ0) is 14.1. The molecule has 1 heterocycles. The Bertz CT molecular complexity index is 445. The summed E-state index contributed by atoms with van der Waals surface area (Å²) in [7, 11) is 0. The Kier molecular flexibility index (Phi) is 3.95. The molecule has 0 aliphatic rings. The molecule has 0 fully saturated rings. The predicted molar refractivity (Wildman–Crippen MR) is 70.8 cm³/mol. The van der Waals surface area contributed by atoms with Gasteiger partial charge in [0.25, 0.3) is 0 Å². The Hall–Kier alpha value is -1.63. The molecule has 0 saturated heterocycles. The number of nitrogens with zero attached hydrogens (tertiary/aromatic N) is 3. The molecule has 0 spiro atoms. The van der Waals surface area contributed by atoms with Crippen LogP contribution in [0.5, 0.6) is 0 Å². The third kappa shape index (κ3) is 3.19. The van der Waals surface area contributed by atoms with E-state index >= 15 is 0 Å². The highest BCUT2D eigenvalue weighted by Gasteiger charge is 2.27. The van der Waals surface area contributed by atoms with E-state index < -0.39 is 10.5 Å². The van der Waals surface area contributed by atoms with E-state index in [4.69, 9.17) is 5.73 Å². The number of anilines is 1. The van der Waals surface area contributed by atoms with E-state index in [1.54, 1.807) is 11.6 Å². The van der Waals surface area contributed by atoms with Crippen molar-refractivity contribution in [3.8, 4) is 0 Å². The first-order chi connectivity index (χ1) is 8.13. The first-order valence-corrected chi connectivity index (χ1v) is 5.89. The fourth-order valence-corrected chi connectivity index (χ4v) is 1.61. The largest absolute Gasteiger partial charge is 0.363 e. The van der Waals surface area contributed by atoms with E-state index in [0.29, 0.717) is 18.1 Å². The van der Waals surface area contributed by atoms with Gasteiger partial charge in [-0.15, -0.1) is 0 Å². The van der Waals surface area contributed by atoms with Gasteiger partial charge in [0.05, 0.1) is 4.92 Å². The lowest BCUT2D eigenvalue weighted by Crippen LogP contribution is -2.40. The minimum Gasteiger partial charge on any atom is -0.363 e. The normalized spacial score (nSPS) is 11.9. The van der Waals surface area contributed by atoms with Crippen molar-refractivity contribution in [3.05, 3.63) is 15.8 Å². The van der Waals surface area contributed by atoms with Crippen LogP contribution in [0, 0.1) is 17.0 Å². The molecule has 0 aliphatic heterocycles. The molecule has 7 nitrogen and oxygen atoms in total. The lowest BCUT2D eigenvalue weighted by Gasteiger charge is -2.20. The number of aromatic nitrogens is 2. The van der Waals surface area contributed by atoms with Gasteiger partial charge in [0.1, 0.15) is 5.69 Å². The van der Waals surface area contributed by atoms with Crippen LogP contribution < -0.4 is 11.1 Å². The maximum absolute atomic E-state index is 11.1. The number of nitrogens with two attached hydrogens (primary N) is 1. The van der Waals surface area contributed by atoms with Crippen LogP contribution in [0.1, 0.15) is 39.4 Å². The molecule has 3 N–H and O–H groups in total. The molecule has 7 heteroatoms. The lowest BCUT2D eigenvalue weighted by atomic mass is 10.1. The molecule has 18 heavy (non-hydrogen) atoms. The van der Waals surface area contributed by atoms with Gasteiger partial charge in [-0.25, -0.2) is 4.68 Å². The van der Waals surface area contributed by atoms with Gasteiger partial charge in [0, 0.05) is 18.1 Å². The number of nitro groups is 1. The smallest absolute Gasteiger partial charge is 0.333 e. The average molecular weight is 255 g/mol. The van der Waals surface area contributed by atoms with Crippen molar-refractivity contribution in [2.24, 2.45) is 5.73 Å². The summed E-state index contributed by atoms with van der Waals surface area (Å²) < 4.78 is 1.62. The molecule has 0 unspecified atom stereocenters. The third-order valence-electron chi connectivity index (χ3n) is 2.44. The quantitative estimate of drug-likeness (QED) is 0.617. The van der Waals surface area contributed by atoms with Crippen molar-refractivity contribution < 1.29 is 4.92 Å².